The van der Waals surface area contributed by atoms with Gasteiger partial charge in [-0.15, -0.1) is 0 Å². The lowest BCUT2D eigenvalue weighted by atomic mass is 10.3. The maximum absolute atomic E-state index is 12.0. The molecule has 1 aromatic rings. The molecule has 0 unspecified atom stereocenters. The number of benzene rings is 1. The average molecular weight is 286 g/mol. The molecule has 6 nitrogen and oxygen atoms in total. The first-order valence-electron chi connectivity index (χ1n) is 5.80. The predicted octanol–water partition coefficient (Wildman–Crippen LogP) is 0.863. The normalized spacial score (nSPS) is 11.6. The molecule has 1 rings (SSSR count). The van der Waals surface area contributed by atoms with E-state index < -0.39 is 22.8 Å². The van der Waals surface area contributed by atoms with E-state index in [-0.39, 0.29) is 0 Å². The van der Waals surface area contributed by atoms with Crippen LogP contribution in [0.3, 0.4) is 0 Å². The Kier molecular flexibility index (Phi) is 5.46. The van der Waals surface area contributed by atoms with Crippen molar-refractivity contribution in [3.63, 3.8) is 0 Å². The number of rotatable bonds is 6. The summed E-state index contributed by atoms with van der Waals surface area (Å²) in [6.07, 6.45) is 0. The van der Waals surface area contributed by atoms with Crippen LogP contribution in [0.2, 0.25) is 0 Å². The summed E-state index contributed by atoms with van der Waals surface area (Å²) < 4.78 is 28.4. The van der Waals surface area contributed by atoms with E-state index in [2.05, 4.69) is 4.18 Å². The number of anilines is 1. The lowest BCUT2D eigenvalue weighted by Gasteiger charge is -2.21. The fourth-order valence-electron chi connectivity index (χ4n) is 1.42. The zero-order chi connectivity index (χ0) is 14.5. The summed E-state index contributed by atoms with van der Waals surface area (Å²) in [6, 6.07) is 9.02. The van der Waals surface area contributed by atoms with Gasteiger partial charge < -0.3 is 4.90 Å². The third kappa shape index (κ3) is 4.30. The largest absolute Gasteiger partial charge is 0.338 e. The molecule has 1 amide bonds. The van der Waals surface area contributed by atoms with E-state index in [4.69, 9.17) is 0 Å². The fourth-order valence-corrected chi connectivity index (χ4v) is 1.88. The lowest BCUT2D eigenvalue weighted by Crippen LogP contribution is -2.36. The highest BCUT2D eigenvalue weighted by Crippen LogP contribution is 2.13. The van der Waals surface area contributed by atoms with Crippen LogP contribution in [0.1, 0.15) is 6.92 Å². The Hall–Kier alpha value is -1.44. The van der Waals surface area contributed by atoms with E-state index in [1.807, 2.05) is 25.1 Å². The van der Waals surface area contributed by atoms with Crippen molar-refractivity contribution in [2.24, 2.45) is 0 Å². The molecule has 0 heterocycles. The van der Waals surface area contributed by atoms with Crippen LogP contribution < -0.4 is 4.90 Å². The van der Waals surface area contributed by atoms with Crippen molar-refractivity contribution >= 4 is 21.9 Å². The molecule has 106 valence electrons. The van der Waals surface area contributed by atoms with Gasteiger partial charge in [0.1, 0.15) is 6.61 Å². The van der Waals surface area contributed by atoms with Crippen molar-refractivity contribution in [3.8, 4) is 0 Å². The molecule has 0 aliphatic heterocycles. The summed E-state index contributed by atoms with van der Waals surface area (Å²) in [7, 11) is -1.15. The quantitative estimate of drug-likeness (QED) is 0.778. The van der Waals surface area contributed by atoms with Crippen LogP contribution in [-0.2, 0) is 19.3 Å². The molecule has 0 atom stereocenters. The topological polar surface area (TPSA) is 66.9 Å². The van der Waals surface area contributed by atoms with Gasteiger partial charge in [0.2, 0.25) is 0 Å². The summed E-state index contributed by atoms with van der Waals surface area (Å²) in [4.78, 5) is 13.4. The highest BCUT2D eigenvalue weighted by Gasteiger charge is 2.20. The number of hydrogen-bond acceptors (Lipinski definition) is 4. The molecule has 1 aromatic carbocycles. The van der Waals surface area contributed by atoms with E-state index in [1.54, 1.807) is 12.1 Å². The Morgan fingerprint density at radius 1 is 1.21 bits per heavy atom. The van der Waals surface area contributed by atoms with Crippen LogP contribution in [0.25, 0.3) is 0 Å². The van der Waals surface area contributed by atoms with Crippen LogP contribution in [0, 0.1) is 0 Å². The van der Waals surface area contributed by atoms with Crippen LogP contribution in [0.5, 0.6) is 0 Å². The van der Waals surface area contributed by atoms with Gasteiger partial charge in [-0.05, 0) is 19.1 Å². The maximum atomic E-state index is 12.0. The minimum Gasteiger partial charge on any atom is -0.311 e. The predicted molar refractivity (Wildman–Crippen MR) is 73.0 cm³/mol. The monoisotopic (exact) mass is 286 g/mol. The summed E-state index contributed by atoms with van der Waals surface area (Å²) in [5.74, 6) is -0.404. The van der Waals surface area contributed by atoms with Crippen molar-refractivity contribution in [2.75, 3.05) is 32.1 Å². The van der Waals surface area contributed by atoms with Crippen LogP contribution in [-0.4, -0.2) is 45.9 Å². The number of carbonyl (C=O) groups is 1. The number of carbonyl (C=O) groups excluding carboxylic acids is 1. The summed E-state index contributed by atoms with van der Waals surface area (Å²) in [5, 5.41) is 0. The van der Waals surface area contributed by atoms with Crippen molar-refractivity contribution in [2.45, 2.75) is 6.92 Å². The van der Waals surface area contributed by atoms with Gasteiger partial charge in [-0.1, -0.05) is 18.2 Å². The first kappa shape index (κ1) is 15.6. The summed E-state index contributed by atoms with van der Waals surface area (Å²) in [5.41, 5.74) is 0.709. The molecule has 0 fully saturated rings. The fraction of sp³-hybridized carbons (Fsp3) is 0.417. The van der Waals surface area contributed by atoms with Crippen LogP contribution >= 0.6 is 0 Å². The highest BCUT2D eigenvalue weighted by atomic mass is 32.2. The third-order valence-corrected chi connectivity index (χ3v) is 3.77. The smallest absolute Gasteiger partial charge is 0.311 e. The molecule has 0 aliphatic rings. The van der Waals surface area contributed by atoms with Crippen molar-refractivity contribution in [1.82, 2.24) is 4.31 Å². The molecule has 19 heavy (non-hydrogen) atoms. The Morgan fingerprint density at radius 3 is 2.26 bits per heavy atom. The van der Waals surface area contributed by atoms with Gasteiger partial charge in [-0.2, -0.15) is 12.7 Å². The van der Waals surface area contributed by atoms with Gasteiger partial charge in [0.25, 0.3) is 5.91 Å². The molecule has 0 bridgehead atoms. The zero-order valence-corrected chi connectivity index (χ0v) is 12.1. The third-order valence-electron chi connectivity index (χ3n) is 2.46. The molecule has 0 N–H and O–H groups in total. The summed E-state index contributed by atoms with van der Waals surface area (Å²) >= 11 is 0. The SMILES string of the molecule is CCN(C(=O)COS(=O)(=O)N(C)C)c1ccccc1. The van der Waals surface area contributed by atoms with E-state index in [0.717, 1.165) is 4.31 Å². The first-order chi connectivity index (χ1) is 8.88. The van der Waals surface area contributed by atoms with Gasteiger partial charge in [-0.3, -0.25) is 4.79 Å². The molecule has 0 spiro atoms. The van der Waals surface area contributed by atoms with E-state index in [1.165, 1.54) is 19.0 Å². The maximum Gasteiger partial charge on any atom is 0.338 e. The molecule has 0 radical (unpaired) electrons. The van der Waals surface area contributed by atoms with E-state index >= 15 is 0 Å². The standard InChI is InChI=1S/C12H18N2O4S/c1-4-14(11-8-6-5-7-9-11)12(15)10-18-19(16,17)13(2)3/h5-9H,4,10H2,1-3H3. The van der Waals surface area contributed by atoms with Gasteiger partial charge in [-0.25, -0.2) is 4.18 Å². The Labute approximate surface area is 113 Å². The van der Waals surface area contributed by atoms with E-state index in [9.17, 15) is 13.2 Å². The first-order valence-corrected chi connectivity index (χ1v) is 7.17. The minimum atomic E-state index is -3.83. The molecule has 0 saturated carbocycles. The number of nitrogens with zero attached hydrogens (tertiary/aromatic N) is 2. The number of amides is 1. The summed E-state index contributed by atoms with van der Waals surface area (Å²) in [6.45, 7) is 1.74. The molecule has 0 aromatic heterocycles. The van der Waals surface area contributed by atoms with Gasteiger partial charge in [0.05, 0.1) is 0 Å². The van der Waals surface area contributed by atoms with Gasteiger partial charge >= 0.3 is 10.3 Å². The molecule has 0 aliphatic carbocycles. The van der Waals surface area contributed by atoms with Crippen molar-refractivity contribution < 1.29 is 17.4 Å². The number of para-hydroxylation sites is 1. The highest BCUT2D eigenvalue weighted by molar-refractivity contribution is 7.84. The molecule has 0 saturated heterocycles. The number of likely N-dealkylation sites (N-methyl/N-ethyl adjacent to an activating group) is 1. The van der Waals surface area contributed by atoms with Gasteiger partial charge in [0, 0.05) is 26.3 Å². The van der Waals surface area contributed by atoms with E-state index in [0.29, 0.717) is 12.2 Å². The molecule has 7 heteroatoms. The average Bonchev–Trinajstić information content (AvgIpc) is 2.38. The minimum absolute atomic E-state index is 0.404. The molecular formula is C12H18N2O4S. The Balaban J connectivity index is 2.72. The van der Waals surface area contributed by atoms with Crippen LogP contribution in [0.15, 0.2) is 30.3 Å². The second kappa shape index (κ2) is 6.65. The zero-order valence-electron chi connectivity index (χ0n) is 11.2. The van der Waals surface area contributed by atoms with Crippen molar-refractivity contribution in [1.29, 1.82) is 0 Å². The lowest BCUT2D eigenvalue weighted by molar-refractivity contribution is -0.120. The van der Waals surface area contributed by atoms with Gasteiger partial charge in [0.15, 0.2) is 0 Å². The second-order valence-corrected chi connectivity index (χ2v) is 5.80. The number of hydrogen-bond donors (Lipinski definition) is 0. The van der Waals surface area contributed by atoms with Crippen LogP contribution in [0.4, 0.5) is 5.69 Å². The molecular weight excluding hydrogens is 268 g/mol. The Bertz CT molecular complexity index is 514. The van der Waals surface area contributed by atoms with Crippen molar-refractivity contribution in [3.05, 3.63) is 30.3 Å². The Morgan fingerprint density at radius 2 is 1.79 bits per heavy atom. The second-order valence-electron chi connectivity index (χ2n) is 3.98.